The number of aromatic amines is 1. The number of aryl methyl sites for hydroxylation is 1. The van der Waals surface area contributed by atoms with E-state index in [2.05, 4.69) is 47.1 Å². The minimum Gasteiger partial charge on any atom is -0.318 e. The Morgan fingerprint density at radius 2 is 1.85 bits per heavy atom. The van der Waals surface area contributed by atoms with Crippen LogP contribution in [0.2, 0.25) is 0 Å². The summed E-state index contributed by atoms with van der Waals surface area (Å²) in [4.78, 5) is 22.3. The molecular formula is C21H28N4O+2. The molecule has 1 aromatic carbocycles. The largest absolute Gasteiger partial charge is 0.318 e. The maximum atomic E-state index is 13.2. The summed E-state index contributed by atoms with van der Waals surface area (Å²) in [5.74, 6) is 1.43. The predicted octanol–water partition coefficient (Wildman–Crippen LogP) is 0.574. The first-order valence-electron chi connectivity index (χ1n) is 9.69. The lowest BCUT2D eigenvalue weighted by Gasteiger charge is -2.36. The molecule has 1 amide bonds. The van der Waals surface area contributed by atoms with E-state index in [1.807, 2.05) is 23.2 Å². The van der Waals surface area contributed by atoms with Gasteiger partial charge in [-0.05, 0) is 37.5 Å². The smallest absolute Gasteiger partial charge is 0.284 e. The number of nitrogens with one attached hydrogen (secondary N) is 2. The molecule has 2 aliphatic rings. The summed E-state index contributed by atoms with van der Waals surface area (Å²) in [6.45, 7) is 6.88. The zero-order valence-corrected chi connectivity index (χ0v) is 15.4. The van der Waals surface area contributed by atoms with Crippen LogP contribution >= 0.6 is 0 Å². The fourth-order valence-corrected chi connectivity index (χ4v) is 4.22. The fraction of sp³-hybridized carbons (Fsp3) is 0.429. The number of benzene rings is 1. The molecule has 0 radical (unpaired) electrons. The van der Waals surface area contributed by atoms with E-state index in [0.717, 1.165) is 57.1 Å². The average molecular weight is 352 g/mol. The highest BCUT2D eigenvalue weighted by atomic mass is 16.2. The minimum atomic E-state index is 0.00283. The fourth-order valence-electron chi connectivity index (χ4n) is 4.22. The molecular weight excluding hydrogens is 324 g/mol. The number of para-hydroxylation sites is 1. The molecule has 0 spiro atoms. The third kappa shape index (κ3) is 3.31. The van der Waals surface area contributed by atoms with Crippen LogP contribution in [0.5, 0.6) is 0 Å². The number of H-pyrrole nitrogens is 1. The highest BCUT2D eigenvalue weighted by Crippen LogP contribution is 2.26. The second-order valence-corrected chi connectivity index (χ2v) is 7.34. The van der Waals surface area contributed by atoms with E-state index >= 15 is 0 Å². The first kappa shape index (κ1) is 17.0. The molecule has 5 nitrogen and oxygen atoms in total. The highest BCUT2D eigenvalue weighted by molar-refractivity contribution is 5.97. The van der Waals surface area contributed by atoms with Crippen LogP contribution in [-0.4, -0.2) is 44.7 Å². The Balaban J connectivity index is 1.41. The number of carbonyl (C=O) groups excluding carboxylic acids is 1. The summed E-state index contributed by atoms with van der Waals surface area (Å²) in [7, 11) is 0. The Morgan fingerprint density at radius 3 is 2.62 bits per heavy atom. The first-order valence-corrected chi connectivity index (χ1v) is 9.69. The van der Waals surface area contributed by atoms with Gasteiger partial charge in [0.15, 0.2) is 6.04 Å². The van der Waals surface area contributed by atoms with Crippen LogP contribution in [-0.2, 0) is 11.2 Å². The van der Waals surface area contributed by atoms with E-state index in [4.69, 9.17) is 0 Å². The van der Waals surface area contributed by atoms with E-state index < -0.39 is 0 Å². The van der Waals surface area contributed by atoms with E-state index in [-0.39, 0.29) is 11.9 Å². The van der Waals surface area contributed by atoms with Crippen molar-refractivity contribution in [2.24, 2.45) is 0 Å². The Kier molecular flexibility index (Phi) is 4.89. The summed E-state index contributed by atoms with van der Waals surface area (Å²) in [6, 6.07) is 14.5. The Bertz CT molecular complexity index is 756. The van der Waals surface area contributed by atoms with Crippen LogP contribution in [0.3, 0.4) is 0 Å². The van der Waals surface area contributed by atoms with E-state index in [0.29, 0.717) is 0 Å². The van der Waals surface area contributed by atoms with Crippen LogP contribution in [0.25, 0.3) is 0 Å². The van der Waals surface area contributed by atoms with Gasteiger partial charge in [-0.1, -0.05) is 24.3 Å². The number of piperazine rings is 1. The normalized spacial score (nSPS) is 19.1. The molecule has 0 saturated carbocycles. The molecule has 26 heavy (non-hydrogen) atoms. The van der Waals surface area contributed by atoms with Gasteiger partial charge in [0.2, 0.25) is 0 Å². The van der Waals surface area contributed by atoms with Gasteiger partial charge in [-0.15, -0.1) is 0 Å². The number of aromatic nitrogens is 1. The van der Waals surface area contributed by atoms with Gasteiger partial charge in [-0.25, -0.2) is 4.98 Å². The number of hydrogen-bond acceptors (Lipinski definition) is 2. The number of pyridine rings is 1. The lowest BCUT2D eigenvalue weighted by Crippen LogP contribution is -3.19. The number of quaternary nitrogens is 1. The van der Waals surface area contributed by atoms with E-state index in [1.165, 1.54) is 10.5 Å². The van der Waals surface area contributed by atoms with Crippen molar-refractivity contribution in [3.63, 3.8) is 0 Å². The highest BCUT2D eigenvalue weighted by Gasteiger charge is 2.35. The molecule has 2 aliphatic heterocycles. The zero-order chi connectivity index (χ0) is 17.9. The second kappa shape index (κ2) is 7.46. The Morgan fingerprint density at radius 1 is 1.08 bits per heavy atom. The van der Waals surface area contributed by atoms with Gasteiger partial charge < -0.3 is 9.80 Å². The zero-order valence-electron chi connectivity index (χ0n) is 15.4. The third-order valence-corrected chi connectivity index (χ3v) is 5.80. The number of nitrogens with zero attached hydrogens (tertiary/aromatic N) is 2. The van der Waals surface area contributed by atoms with E-state index in [1.54, 1.807) is 0 Å². The van der Waals surface area contributed by atoms with Gasteiger partial charge in [-0.2, -0.15) is 0 Å². The lowest BCUT2D eigenvalue weighted by molar-refractivity contribution is -0.914. The van der Waals surface area contributed by atoms with Crippen molar-refractivity contribution in [3.05, 3.63) is 54.2 Å². The van der Waals surface area contributed by atoms with Crippen LogP contribution in [0.4, 0.5) is 11.5 Å². The van der Waals surface area contributed by atoms with Gasteiger partial charge in [0.05, 0.1) is 6.20 Å². The predicted molar refractivity (Wildman–Crippen MR) is 102 cm³/mol. The minimum absolute atomic E-state index is 0.00283. The van der Waals surface area contributed by atoms with Crippen LogP contribution < -0.4 is 19.7 Å². The summed E-state index contributed by atoms with van der Waals surface area (Å²) in [6.07, 6.45) is 4.10. The summed E-state index contributed by atoms with van der Waals surface area (Å²) >= 11 is 0. The van der Waals surface area contributed by atoms with Crippen molar-refractivity contribution in [1.29, 1.82) is 0 Å². The summed E-state index contributed by atoms with van der Waals surface area (Å²) in [5.41, 5.74) is 2.42. The van der Waals surface area contributed by atoms with Crippen molar-refractivity contribution >= 4 is 17.4 Å². The molecule has 0 bridgehead atoms. The molecule has 1 saturated heterocycles. The average Bonchev–Trinajstić information content (AvgIpc) is 2.73. The molecule has 3 heterocycles. The maximum Gasteiger partial charge on any atom is 0.284 e. The third-order valence-electron chi connectivity index (χ3n) is 5.80. The molecule has 0 unspecified atom stereocenters. The number of carbonyl (C=O) groups is 1. The molecule has 2 N–H and O–H groups in total. The Hall–Kier alpha value is -2.40. The number of rotatable bonds is 3. The number of hydrogen-bond donors (Lipinski definition) is 1. The molecule has 1 aromatic heterocycles. The summed E-state index contributed by atoms with van der Waals surface area (Å²) in [5, 5.41) is 0. The topological polar surface area (TPSA) is 42.1 Å². The number of fused-ring (bicyclic) bond motifs is 1. The second-order valence-electron chi connectivity index (χ2n) is 7.34. The Labute approximate surface area is 155 Å². The van der Waals surface area contributed by atoms with E-state index in [9.17, 15) is 4.79 Å². The molecule has 1 fully saturated rings. The van der Waals surface area contributed by atoms with Crippen molar-refractivity contribution in [3.8, 4) is 0 Å². The van der Waals surface area contributed by atoms with Gasteiger partial charge in [0.1, 0.15) is 26.2 Å². The molecule has 136 valence electrons. The quantitative estimate of drug-likeness (QED) is 0.878. The van der Waals surface area contributed by atoms with Crippen molar-refractivity contribution in [2.45, 2.75) is 25.8 Å². The van der Waals surface area contributed by atoms with Gasteiger partial charge in [0, 0.05) is 18.3 Å². The van der Waals surface area contributed by atoms with Crippen molar-refractivity contribution in [2.75, 3.05) is 42.5 Å². The lowest BCUT2D eigenvalue weighted by atomic mass is 10.0. The molecule has 1 atom stereocenters. The van der Waals surface area contributed by atoms with Gasteiger partial charge >= 0.3 is 0 Å². The van der Waals surface area contributed by atoms with Crippen LogP contribution in [0, 0.1) is 0 Å². The molecule has 5 heteroatoms. The van der Waals surface area contributed by atoms with Crippen LogP contribution in [0.15, 0.2) is 48.7 Å². The standard InChI is InChI=1S/C21H26N4O/c1-17(21(26)25-12-6-8-18-7-2-3-9-19(18)25)23-13-15-24(16-14-23)20-10-4-5-11-22-20/h2-5,7,9-11,17H,6,8,12-16H2,1H3/p+2/t17-/m0/s1. The van der Waals surface area contributed by atoms with Crippen molar-refractivity contribution < 1.29 is 14.7 Å². The summed E-state index contributed by atoms with van der Waals surface area (Å²) < 4.78 is 0. The van der Waals surface area contributed by atoms with Crippen molar-refractivity contribution in [1.82, 2.24) is 0 Å². The maximum absolute atomic E-state index is 13.2. The monoisotopic (exact) mass is 352 g/mol. The first-order chi connectivity index (χ1) is 12.7. The van der Waals surface area contributed by atoms with Crippen LogP contribution in [0.1, 0.15) is 18.9 Å². The molecule has 2 aromatic rings. The number of anilines is 2. The SMILES string of the molecule is C[C@@H](C(=O)N1CCCc2ccccc21)[NH+]1CCN(c2cccc[nH+]2)CC1. The molecule has 0 aliphatic carbocycles. The number of amides is 1. The molecule has 4 rings (SSSR count). The van der Waals surface area contributed by atoms with Gasteiger partial charge in [-0.3, -0.25) is 9.69 Å². The van der Waals surface area contributed by atoms with Gasteiger partial charge in [0.25, 0.3) is 11.7 Å².